The maximum absolute atomic E-state index is 12.6. The number of ether oxygens (including phenoxy) is 2. The molecule has 3 rings (SSSR count). The van der Waals surface area contributed by atoms with Crippen LogP contribution in [-0.4, -0.2) is 35.6 Å². The highest BCUT2D eigenvalue weighted by Crippen LogP contribution is 2.32. The number of carbonyl (C=O) groups excluding carboxylic acids is 2. The third-order valence-corrected chi connectivity index (χ3v) is 7.07. The summed E-state index contributed by atoms with van der Waals surface area (Å²) in [4.78, 5) is 32.3. The van der Waals surface area contributed by atoms with Crippen LogP contribution in [0.2, 0.25) is 0 Å². The van der Waals surface area contributed by atoms with E-state index in [1.807, 2.05) is 0 Å². The monoisotopic (exact) mass is 517 g/mol. The van der Waals surface area contributed by atoms with E-state index < -0.39 is 0 Å². The molecular formula is C25H31N3O5S2. The van der Waals surface area contributed by atoms with Crippen molar-refractivity contribution in [2.24, 2.45) is 0 Å². The predicted octanol–water partition coefficient (Wildman–Crippen LogP) is 6.09. The molecule has 0 unspecified atom stereocenters. The lowest BCUT2D eigenvalue weighted by Crippen LogP contribution is -2.11. The average Bonchev–Trinajstić information content (AvgIpc) is 3.49. The molecule has 188 valence electrons. The molecule has 0 radical (unpaired) electrons. The van der Waals surface area contributed by atoms with Gasteiger partial charge in [-0.3, -0.25) is 14.9 Å². The van der Waals surface area contributed by atoms with Gasteiger partial charge in [0.25, 0.3) is 5.91 Å². The Morgan fingerprint density at radius 2 is 1.86 bits per heavy atom. The lowest BCUT2D eigenvalue weighted by molar-refractivity contribution is -0.140. The minimum absolute atomic E-state index is 0.0745. The number of carbonyl (C=O) groups is 2. The fraction of sp³-hybridized carbons (Fsp3) is 0.440. The molecule has 0 aliphatic carbocycles. The first-order valence-corrected chi connectivity index (χ1v) is 13.2. The average molecular weight is 518 g/mol. The molecule has 35 heavy (non-hydrogen) atoms. The number of aromatic nitrogens is 2. The van der Waals surface area contributed by atoms with Crippen LogP contribution in [0.25, 0.3) is 0 Å². The molecule has 0 saturated carbocycles. The quantitative estimate of drug-likeness (QED) is 0.175. The van der Waals surface area contributed by atoms with Gasteiger partial charge in [-0.15, -0.1) is 11.8 Å². The zero-order valence-electron chi connectivity index (χ0n) is 20.5. The molecule has 2 heterocycles. The topological polar surface area (TPSA) is 104 Å². The van der Waals surface area contributed by atoms with Gasteiger partial charge < -0.3 is 13.9 Å². The third-order valence-electron chi connectivity index (χ3n) is 4.97. The largest absolute Gasteiger partial charge is 0.494 e. The van der Waals surface area contributed by atoms with Crippen molar-refractivity contribution in [1.82, 2.24) is 9.97 Å². The second-order valence-corrected chi connectivity index (χ2v) is 11.2. The smallest absolute Gasteiger partial charge is 0.305 e. The number of thiazole rings is 1. The zero-order valence-corrected chi connectivity index (χ0v) is 22.1. The van der Waals surface area contributed by atoms with E-state index in [-0.39, 0.29) is 17.3 Å². The van der Waals surface area contributed by atoms with E-state index in [0.717, 1.165) is 29.2 Å². The van der Waals surface area contributed by atoms with E-state index in [0.29, 0.717) is 41.1 Å². The van der Waals surface area contributed by atoms with Crippen molar-refractivity contribution in [3.05, 3.63) is 53.9 Å². The Bertz CT molecular complexity index is 1100. The summed E-state index contributed by atoms with van der Waals surface area (Å²) in [6, 6.07) is 6.99. The number of oxazole rings is 1. The first kappa shape index (κ1) is 26.7. The molecule has 1 aromatic carbocycles. The summed E-state index contributed by atoms with van der Waals surface area (Å²) in [6.07, 6.45) is 6.46. The molecule has 0 aliphatic heterocycles. The molecule has 0 bridgehead atoms. The molecule has 3 aromatic rings. The van der Waals surface area contributed by atoms with E-state index in [2.05, 4.69) is 40.8 Å². The summed E-state index contributed by atoms with van der Waals surface area (Å²) in [5.41, 5.74) is 0.448. The van der Waals surface area contributed by atoms with Crippen LogP contribution < -0.4 is 10.1 Å². The number of rotatable bonds is 12. The van der Waals surface area contributed by atoms with Crippen LogP contribution in [0.3, 0.4) is 0 Å². The molecule has 1 N–H and O–H groups in total. The molecule has 0 aliphatic rings. The molecule has 10 heteroatoms. The molecule has 2 aromatic heterocycles. The number of amides is 1. The van der Waals surface area contributed by atoms with Crippen LogP contribution in [0.5, 0.6) is 5.75 Å². The highest BCUT2D eigenvalue weighted by atomic mass is 32.2. The van der Waals surface area contributed by atoms with Gasteiger partial charge in [-0.1, -0.05) is 32.1 Å². The van der Waals surface area contributed by atoms with Crippen molar-refractivity contribution < 1.29 is 23.5 Å². The molecule has 0 spiro atoms. The Labute approximate surface area is 213 Å². The highest BCUT2D eigenvalue weighted by Gasteiger charge is 2.19. The van der Waals surface area contributed by atoms with Gasteiger partial charge in [-0.05, 0) is 43.5 Å². The summed E-state index contributed by atoms with van der Waals surface area (Å²) in [5, 5.41) is 3.37. The van der Waals surface area contributed by atoms with Gasteiger partial charge in [0.05, 0.1) is 36.1 Å². The van der Waals surface area contributed by atoms with Crippen molar-refractivity contribution in [2.45, 2.75) is 61.8 Å². The number of nitrogens with one attached hydrogen (secondary N) is 1. The lowest BCUT2D eigenvalue weighted by Gasteiger charge is -2.12. The Hall–Kier alpha value is -2.85. The van der Waals surface area contributed by atoms with Gasteiger partial charge in [0.1, 0.15) is 11.5 Å². The van der Waals surface area contributed by atoms with Crippen LogP contribution in [0.4, 0.5) is 5.13 Å². The van der Waals surface area contributed by atoms with Gasteiger partial charge in [0, 0.05) is 17.4 Å². The summed E-state index contributed by atoms with van der Waals surface area (Å²) >= 11 is 2.98. The van der Waals surface area contributed by atoms with E-state index in [4.69, 9.17) is 9.15 Å². The maximum Gasteiger partial charge on any atom is 0.305 e. The number of benzene rings is 1. The first-order chi connectivity index (χ1) is 16.7. The van der Waals surface area contributed by atoms with Crippen LogP contribution in [0.15, 0.2) is 45.3 Å². The summed E-state index contributed by atoms with van der Waals surface area (Å²) in [7, 11) is 1.40. The SMILES string of the molecule is COC(=O)CCCCCOc1ccc(C(=O)Nc2ncc(SCc3ncc(C(C)(C)C)o3)s2)cc1. The van der Waals surface area contributed by atoms with Crippen molar-refractivity contribution >= 4 is 40.1 Å². The molecule has 8 nitrogen and oxygen atoms in total. The van der Waals surface area contributed by atoms with Crippen LogP contribution >= 0.6 is 23.1 Å². The lowest BCUT2D eigenvalue weighted by atomic mass is 9.94. The van der Waals surface area contributed by atoms with Gasteiger partial charge >= 0.3 is 5.97 Å². The predicted molar refractivity (Wildman–Crippen MR) is 137 cm³/mol. The van der Waals surface area contributed by atoms with Crippen molar-refractivity contribution in [1.29, 1.82) is 0 Å². The number of hydrogen-bond acceptors (Lipinski definition) is 9. The third kappa shape index (κ3) is 8.70. The normalized spacial score (nSPS) is 11.3. The maximum atomic E-state index is 12.6. The highest BCUT2D eigenvalue weighted by molar-refractivity contribution is 8.00. The van der Waals surface area contributed by atoms with E-state index in [1.165, 1.54) is 18.4 Å². The molecule has 0 atom stereocenters. The number of anilines is 1. The van der Waals surface area contributed by atoms with Gasteiger partial charge in [0.2, 0.25) is 5.89 Å². The summed E-state index contributed by atoms with van der Waals surface area (Å²) < 4.78 is 17.1. The van der Waals surface area contributed by atoms with Gasteiger partial charge in [0.15, 0.2) is 5.13 Å². The zero-order chi connectivity index (χ0) is 25.3. The minimum Gasteiger partial charge on any atom is -0.494 e. The number of nitrogens with zero attached hydrogens (tertiary/aromatic N) is 2. The van der Waals surface area contributed by atoms with E-state index >= 15 is 0 Å². The van der Waals surface area contributed by atoms with E-state index in [9.17, 15) is 9.59 Å². The van der Waals surface area contributed by atoms with E-state index in [1.54, 1.807) is 48.4 Å². The summed E-state index contributed by atoms with van der Waals surface area (Å²) in [6.45, 7) is 6.81. The second kappa shape index (κ2) is 12.7. The molecule has 1 amide bonds. The van der Waals surface area contributed by atoms with Gasteiger partial charge in [-0.25, -0.2) is 9.97 Å². The Morgan fingerprint density at radius 3 is 2.54 bits per heavy atom. The Morgan fingerprint density at radius 1 is 1.09 bits per heavy atom. The van der Waals surface area contributed by atoms with Crippen molar-refractivity contribution in [3.8, 4) is 5.75 Å². The minimum atomic E-state index is -0.229. The standard InChI is InChI=1S/C25H31N3O5S2/c1-25(2,3)19-14-26-20(33-19)16-34-22-15-27-24(35-22)28-23(30)17-9-11-18(12-10-17)32-13-7-5-6-8-21(29)31-4/h9-12,14-15H,5-8,13,16H2,1-4H3,(H,27,28,30). The number of thioether (sulfide) groups is 1. The first-order valence-electron chi connectivity index (χ1n) is 11.4. The number of unbranched alkanes of at least 4 members (excludes halogenated alkanes) is 2. The fourth-order valence-electron chi connectivity index (χ4n) is 2.95. The molecule has 0 saturated heterocycles. The Balaban J connectivity index is 1.40. The van der Waals surface area contributed by atoms with Crippen molar-refractivity contribution in [3.63, 3.8) is 0 Å². The van der Waals surface area contributed by atoms with Crippen LogP contribution in [-0.2, 0) is 20.7 Å². The van der Waals surface area contributed by atoms with Crippen molar-refractivity contribution in [2.75, 3.05) is 19.0 Å². The molecule has 0 fully saturated rings. The summed E-state index contributed by atoms with van der Waals surface area (Å²) in [5.74, 6) is 2.41. The number of hydrogen-bond donors (Lipinski definition) is 1. The fourth-order valence-corrected chi connectivity index (χ4v) is 4.67. The number of methoxy groups -OCH3 is 1. The second-order valence-electron chi connectivity index (χ2n) is 8.86. The van der Waals surface area contributed by atoms with Crippen LogP contribution in [0, 0.1) is 0 Å². The Kier molecular flexibility index (Phi) is 9.73. The number of esters is 1. The van der Waals surface area contributed by atoms with Crippen LogP contribution in [0.1, 0.15) is 68.5 Å². The van der Waals surface area contributed by atoms with Gasteiger partial charge in [-0.2, -0.15) is 0 Å². The molecular weight excluding hydrogens is 486 g/mol.